The van der Waals surface area contributed by atoms with E-state index in [9.17, 15) is 8.78 Å². The van der Waals surface area contributed by atoms with Crippen LogP contribution in [0, 0.1) is 0 Å². The van der Waals surface area contributed by atoms with E-state index in [0.29, 0.717) is 17.3 Å². The molecule has 0 bridgehead atoms. The molecular weight excluding hydrogens is 240 g/mol. The number of fused-ring (bicyclic) bond motifs is 1. The number of rotatable bonds is 1. The molecule has 7 heteroatoms. The molecule has 0 aliphatic carbocycles. The molecule has 2 aromatic heterocycles. The molecule has 96 valence electrons. The van der Waals surface area contributed by atoms with E-state index in [1.807, 2.05) is 4.90 Å². The van der Waals surface area contributed by atoms with Crippen molar-refractivity contribution in [3.63, 3.8) is 0 Å². The fourth-order valence-corrected chi connectivity index (χ4v) is 2.19. The molecule has 0 radical (unpaired) electrons. The molecule has 1 aliphatic rings. The summed E-state index contributed by atoms with van der Waals surface area (Å²) in [5, 5.41) is 0. The predicted octanol–water partition coefficient (Wildman–Crippen LogP) is 1.55. The smallest absolute Gasteiger partial charge is 0.251 e. The zero-order chi connectivity index (χ0) is 12.8. The molecule has 3 rings (SSSR count). The first-order valence-corrected chi connectivity index (χ1v) is 5.77. The second-order valence-corrected chi connectivity index (χ2v) is 4.49. The minimum Gasteiger partial charge on any atom is -0.382 e. The van der Waals surface area contributed by atoms with Crippen LogP contribution in [0.4, 0.5) is 20.4 Å². The number of nitrogen functional groups attached to an aromatic ring is 1. The van der Waals surface area contributed by atoms with E-state index in [1.54, 1.807) is 23.0 Å². The molecule has 0 amide bonds. The lowest BCUT2D eigenvalue weighted by Gasteiger charge is -2.32. The third kappa shape index (κ3) is 1.85. The summed E-state index contributed by atoms with van der Waals surface area (Å²) < 4.78 is 28.0. The highest BCUT2D eigenvalue weighted by atomic mass is 19.3. The second kappa shape index (κ2) is 3.79. The Hall–Kier alpha value is -1.92. The SMILES string of the molecule is Nc1cn2ccnc2c(N2CCC(F)(F)CC2)n1. The summed E-state index contributed by atoms with van der Waals surface area (Å²) in [6.07, 6.45) is 4.74. The fourth-order valence-electron chi connectivity index (χ4n) is 2.19. The summed E-state index contributed by atoms with van der Waals surface area (Å²) in [4.78, 5) is 10.2. The highest BCUT2D eigenvalue weighted by Crippen LogP contribution is 2.31. The van der Waals surface area contributed by atoms with Gasteiger partial charge >= 0.3 is 0 Å². The van der Waals surface area contributed by atoms with Crippen molar-refractivity contribution in [3.05, 3.63) is 18.6 Å². The summed E-state index contributed by atoms with van der Waals surface area (Å²) in [6, 6.07) is 0. The van der Waals surface area contributed by atoms with E-state index in [-0.39, 0.29) is 25.9 Å². The molecule has 0 atom stereocenters. The molecule has 18 heavy (non-hydrogen) atoms. The van der Waals surface area contributed by atoms with E-state index in [2.05, 4.69) is 9.97 Å². The standard InChI is InChI=1S/C11H13F2N5/c12-11(13)1-4-17(5-2-11)10-9-15-3-6-18(9)7-8(14)16-10/h3,6-7H,1-2,4-5,14H2. The highest BCUT2D eigenvalue weighted by molar-refractivity contribution is 5.66. The number of nitrogens with zero attached hydrogens (tertiary/aromatic N) is 4. The molecule has 1 saturated heterocycles. The number of hydrogen-bond donors (Lipinski definition) is 1. The molecule has 2 N–H and O–H groups in total. The van der Waals surface area contributed by atoms with Crippen LogP contribution < -0.4 is 10.6 Å². The molecule has 0 saturated carbocycles. The maximum absolute atomic E-state index is 13.1. The van der Waals surface area contributed by atoms with Crippen LogP contribution in [0.3, 0.4) is 0 Å². The Morgan fingerprint density at radius 1 is 1.28 bits per heavy atom. The Bertz CT molecular complexity index is 570. The lowest BCUT2D eigenvalue weighted by molar-refractivity contribution is -0.0221. The Morgan fingerprint density at radius 3 is 2.72 bits per heavy atom. The maximum Gasteiger partial charge on any atom is 0.251 e. The number of alkyl halides is 2. The topological polar surface area (TPSA) is 59.5 Å². The van der Waals surface area contributed by atoms with Crippen molar-refractivity contribution in [2.24, 2.45) is 0 Å². The van der Waals surface area contributed by atoms with Crippen molar-refractivity contribution >= 4 is 17.3 Å². The van der Waals surface area contributed by atoms with Gasteiger partial charge in [-0.15, -0.1) is 0 Å². The molecule has 1 fully saturated rings. The third-order valence-corrected chi connectivity index (χ3v) is 3.17. The molecular formula is C11H13F2N5. The summed E-state index contributed by atoms with van der Waals surface area (Å²) >= 11 is 0. The van der Waals surface area contributed by atoms with Gasteiger partial charge in [0.15, 0.2) is 11.5 Å². The Kier molecular flexibility index (Phi) is 2.36. The van der Waals surface area contributed by atoms with Crippen LogP contribution in [0.2, 0.25) is 0 Å². The van der Waals surface area contributed by atoms with Crippen molar-refractivity contribution in [2.45, 2.75) is 18.8 Å². The van der Waals surface area contributed by atoms with Gasteiger partial charge in [-0.3, -0.25) is 0 Å². The number of piperidine rings is 1. The van der Waals surface area contributed by atoms with Crippen molar-refractivity contribution in [3.8, 4) is 0 Å². The van der Waals surface area contributed by atoms with Crippen LogP contribution in [0.5, 0.6) is 0 Å². The normalized spacial score (nSPS) is 19.3. The van der Waals surface area contributed by atoms with Crippen molar-refractivity contribution in [1.82, 2.24) is 14.4 Å². The van der Waals surface area contributed by atoms with Gasteiger partial charge in [0.25, 0.3) is 5.92 Å². The van der Waals surface area contributed by atoms with Gasteiger partial charge in [0, 0.05) is 38.3 Å². The van der Waals surface area contributed by atoms with Gasteiger partial charge in [-0.25, -0.2) is 18.7 Å². The summed E-state index contributed by atoms with van der Waals surface area (Å²) in [5.41, 5.74) is 6.36. The third-order valence-electron chi connectivity index (χ3n) is 3.17. The fraction of sp³-hybridized carbons (Fsp3) is 0.455. The number of nitrogens with two attached hydrogens (primary N) is 1. The van der Waals surface area contributed by atoms with E-state index in [1.165, 1.54) is 0 Å². The van der Waals surface area contributed by atoms with Crippen molar-refractivity contribution < 1.29 is 8.78 Å². The van der Waals surface area contributed by atoms with Gasteiger partial charge < -0.3 is 15.0 Å². The number of anilines is 2. The number of halogens is 2. The number of hydrogen-bond acceptors (Lipinski definition) is 4. The van der Waals surface area contributed by atoms with Gasteiger partial charge in [0.2, 0.25) is 0 Å². The van der Waals surface area contributed by atoms with Crippen LogP contribution in [0.25, 0.3) is 5.65 Å². The summed E-state index contributed by atoms with van der Waals surface area (Å²) in [6.45, 7) is 0.540. The maximum atomic E-state index is 13.1. The largest absolute Gasteiger partial charge is 0.382 e. The van der Waals surface area contributed by atoms with Gasteiger partial charge in [0.1, 0.15) is 5.82 Å². The zero-order valence-corrected chi connectivity index (χ0v) is 9.68. The molecule has 0 aromatic carbocycles. The minimum absolute atomic E-state index is 0.156. The Morgan fingerprint density at radius 2 is 2.00 bits per heavy atom. The Labute approximate surface area is 102 Å². The van der Waals surface area contributed by atoms with E-state index in [4.69, 9.17) is 5.73 Å². The zero-order valence-electron chi connectivity index (χ0n) is 9.68. The quantitative estimate of drug-likeness (QED) is 0.837. The van der Waals surface area contributed by atoms with Gasteiger partial charge in [-0.1, -0.05) is 0 Å². The van der Waals surface area contributed by atoms with Crippen LogP contribution in [-0.2, 0) is 0 Å². The molecule has 0 spiro atoms. The highest BCUT2D eigenvalue weighted by Gasteiger charge is 2.35. The van der Waals surface area contributed by atoms with Crippen molar-refractivity contribution in [2.75, 3.05) is 23.7 Å². The Balaban J connectivity index is 1.97. The monoisotopic (exact) mass is 253 g/mol. The van der Waals surface area contributed by atoms with Gasteiger partial charge in [0.05, 0.1) is 6.20 Å². The lowest BCUT2D eigenvalue weighted by Crippen LogP contribution is -2.40. The van der Waals surface area contributed by atoms with Crippen LogP contribution >= 0.6 is 0 Å². The number of imidazole rings is 1. The average Bonchev–Trinajstić information content (AvgIpc) is 2.76. The summed E-state index contributed by atoms with van der Waals surface area (Å²) in [5.74, 6) is -1.63. The lowest BCUT2D eigenvalue weighted by atomic mass is 10.1. The van der Waals surface area contributed by atoms with Crippen LogP contribution in [-0.4, -0.2) is 33.4 Å². The average molecular weight is 253 g/mol. The van der Waals surface area contributed by atoms with E-state index in [0.717, 1.165) is 0 Å². The first-order valence-electron chi connectivity index (χ1n) is 5.77. The molecule has 0 unspecified atom stereocenters. The second-order valence-electron chi connectivity index (χ2n) is 4.49. The molecule has 3 heterocycles. The van der Waals surface area contributed by atoms with E-state index < -0.39 is 5.92 Å². The van der Waals surface area contributed by atoms with Gasteiger partial charge in [-0.2, -0.15) is 0 Å². The van der Waals surface area contributed by atoms with E-state index >= 15 is 0 Å². The van der Waals surface area contributed by atoms with Crippen LogP contribution in [0.1, 0.15) is 12.8 Å². The van der Waals surface area contributed by atoms with Crippen LogP contribution in [0.15, 0.2) is 18.6 Å². The molecule has 1 aliphatic heterocycles. The predicted molar refractivity (Wildman–Crippen MR) is 63.8 cm³/mol. The summed E-state index contributed by atoms with van der Waals surface area (Å²) in [7, 11) is 0. The molecule has 2 aromatic rings. The van der Waals surface area contributed by atoms with Crippen molar-refractivity contribution in [1.29, 1.82) is 0 Å². The number of aromatic nitrogens is 3. The first-order chi connectivity index (χ1) is 8.55. The minimum atomic E-state index is -2.57. The molecule has 5 nitrogen and oxygen atoms in total. The first kappa shape index (κ1) is 11.2. The van der Waals surface area contributed by atoms with Gasteiger partial charge in [-0.05, 0) is 0 Å².